The molecule has 9 atom stereocenters. The van der Waals surface area contributed by atoms with Crippen LogP contribution in [0.2, 0.25) is 0 Å². The molecule has 12 nitrogen and oxygen atoms in total. The fourth-order valence-corrected chi connectivity index (χ4v) is 2.42. The summed E-state index contributed by atoms with van der Waals surface area (Å²) >= 11 is 0. The summed E-state index contributed by atoms with van der Waals surface area (Å²) in [6.45, 7) is -0.769. The van der Waals surface area contributed by atoms with E-state index in [2.05, 4.69) is 0 Å². The standard InChI is InChI=1S/C14H25NO11/c1-4(18)8(20)7(15)13(9(21)5(19)2-16)26-14-12(24)11(23)10(22)6(3-17)25-14/h5-7,9-14,16-17,19,21-24H,2-3,15H2,1H3/t5-,6-,7+,9-,10-,11+,12+,13-,14-/m1/s1. The number of ketones is 2. The first-order chi connectivity index (χ1) is 12.1. The molecule has 1 aliphatic heterocycles. The van der Waals surface area contributed by atoms with E-state index in [1.165, 1.54) is 0 Å². The molecular weight excluding hydrogens is 358 g/mol. The minimum absolute atomic E-state index is 0.754. The zero-order valence-corrected chi connectivity index (χ0v) is 14.0. The summed E-state index contributed by atoms with van der Waals surface area (Å²) in [5.41, 5.74) is 5.60. The van der Waals surface area contributed by atoms with E-state index in [-0.39, 0.29) is 0 Å². The van der Waals surface area contributed by atoms with Crippen LogP contribution in [0.15, 0.2) is 0 Å². The van der Waals surface area contributed by atoms with Gasteiger partial charge in [-0.3, -0.25) is 9.59 Å². The molecule has 0 aromatic heterocycles. The number of ether oxygens (including phenoxy) is 2. The van der Waals surface area contributed by atoms with E-state index in [1.807, 2.05) is 0 Å². The van der Waals surface area contributed by atoms with Crippen LogP contribution in [0.4, 0.5) is 0 Å². The van der Waals surface area contributed by atoms with Gasteiger partial charge < -0.3 is 51.0 Å². The van der Waals surface area contributed by atoms with Crippen molar-refractivity contribution >= 4 is 11.6 Å². The summed E-state index contributed by atoms with van der Waals surface area (Å²) in [6.07, 6.45) is -14.1. The van der Waals surface area contributed by atoms with E-state index in [0.29, 0.717) is 0 Å². The van der Waals surface area contributed by atoms with Crippen molar-refractivity contribution in [3.8, 4) is 0 Å². The van der Waals surface area contributed by atoms with Gasteiger partial charge in [-0.2, -0.15) is 0 Å². The van der Waals surface area contributed by atoms with Crippen molar-refractivity contribution in [1.29, 1.82) is 0 Å². The van der Waals surface area contributed by atoms with Crippen molar-refractivity contribution in [3.05, 3.63) is 0 Å². The number of aliphatic hydroxyl groups excluding tert-OH is 7. The molecular formula is C14H25NO11. The lowest BCUT2D eigenvalue weighted by atomic mass is 9.95. The van der Waals surface area contributed by atoms with Crippen LogP contribution in [0.1, 0.15) is 6.92 Å². The average Bonchev–Trinajstić information content (AvgIpc) is 2.63. The summed E-state index contributed by atoms with van der Waals surface area (Å²) in [5.74, 6) is -2.13. The maximum atomic E-state index is 11.8. The molecule has 0 bridgehead atoms. The number of carbonyl (C=O) groups is 2. The number of nitrogens with two attached hydrogens (primary N) is 1. The van der Waals surface area contributed by atoms with Crippen LogP contribution in [0, 0.1) is 0 Å². The summed E-state index contributed by atoms with van der Waals surface area (Å²) in [4.78, 5) is 23.1. The predicted molar refractivity (Wildman–Crippen MR) is 81.4 cm³/mol. The van der Waals surface area contributed by atoms with Crippen LogP contribution in [-0.4, -0.2) is 116 Å². The third kappa shape index (κ3) is 5.01. The SMILES string of the molecule is CC(=O)C(=O)[C@H](N)[C@@H](O[C@H]1O[C@H](CO)[C@@H](O)[C@H](O)[C@@H]1O)[C@H](O)[C@H](O)CO. The second-order valence-corrected chi connectivity index (χ2v) is 5.98. The summed E-state index contributed by atoms with van der Waals surface area (Å²) in [5, 5.41) is 67.2. The first kappa shape index (κ1) is 23.0. The van der Waals surface area contributed by atoms with E-state index < -0.39 is 79.8 Å². The molecule has 0 amide bonds. The third-order valence-electron chi connectivity index (χ3n) is 4.06. The van der Waals surface area contributed by atoms with Gasteiger partial charge in [-0.15, -0.1) is 0 Å². The minimum Gasteiger partial charge on any atom is -0.394 e. The quantitative estimate of drug-likeness (QED) is 0.175. The Balaban J connectivity index is 3.07. The lowest BCUT2D eigenvalue weighted by molar-refractivity contribution is -0.320. The summed E-state index contributed by atoms with van der Waals surface area (Å²) in [6, 6.07) is -1.80. The number of hydrogen-bond acceptors (Lipinski definition) is 12. The highest BCUT2D eigenvalue weighted by atomic mass is 16.7. The third-order valence-corrected chi connectivity index (χ3v) is 4.06. The predicted octanol–water partition coefficient (Wildman–Crippen LogP) is -5.63. The zero-order valence-electron chi connectivity index (χ0n) is 14.0. The maximum Gasteiger partial charge on any atom is 0.217 e. The lowest BCUT2D eigenvalue weighted by Crippen LogP contribution is -2.63. The van der Waals surface area contributed by atoms with Gasteiger partial charge in [0.15, 0.2) is 12.1 Å². The van der Waals surface area contributed by atoms with E-state index in [0.717, 1.165) is 6.92 Å². The Morgan fingerprint density at radius 2 is 1.69 bits per heavy atom. The van der Waals surface area contributed by atoms with Gasteiger partial charge in [0.2, 0.25) is 5.78 Å². The van der Waals surface area contributed by atoms with Gasteiger partial charge in [-0.05, 0) is 0 Å². The highest BCUT2D eigenvalue weighted by Crippen LogP contribution is 2.24. The molecule has 1 heterocycles. The molecule has 1 rings (SSSR count). The van der Waals surface area contributed by atoms with E-state index >= 15 is 0 Å². The number of rotatable bonds is 9. The molecule has 0 unspecified atom stereocenters. The largest absolute Gasteiger partial charge is 0.394 e. The van der Waals surface area contributed by atoms with Gasteiger partial charge in [0.05, 0.1) is 13.2 Å². The number of hydrogen-bond donors (Lipinski definition) is 8. The van der Waals surface area contributed by atoms with Crippen LogP contribution in [-0.2, 0) is 19.1 Å². The van der Waals surface area contributed by atoms with Crippen molar-refractivity contribution in [2.45, 2.75) is 62.0 Å². The molecule has 0 aromatic carbocycles. The molecule has 1 aliphatic rings. The highest BCUT2D eigenvalue weighted by Gasteiger charge is 2.47. The van der Waals surface area contributed by atoms with Crippen LogP contribution in [0.5, 0.6) is 0 Å². The Morgan fingerprint density at radius 3 is 2.15 bits per heavy atom. The van der Waals surface area contributed by atoms with Gasteiger partial charge in [0, 0.05) is 6.92 Å². The Labute approximate surface area is 148 Å². The Hall–Kier alpha value is -1.06. The van der Waals surface area contributed by atoms with Crippen molar-refractivity contribution in [3.63, 3.8) is 0 Å². The van der Waals surface area contributed by atoms with Gasteiger partial charge in [-0.1, -0.05) is 0 Å². The topological polar surface area (TPSA) is 220 Å². The van der Waals surface area contributed by atoms with Gasteiger partial charge in [0.25, 0.3) is 0 Å². The molecule has 26 heavy (non-hydrogen) atoms. The van der Waals surface area contributed by atoms with Gasteiger partial charge in [-0.25, -0.2) is 0 Å². The number of Topliss-reactive ketones (excluding diaryl/α,β-unsaturated/α-hetero) is 2. The van der Waals surface area contributed by atoms with Gasteiger partial charge in [0.1, 0.15) is 48.8 Å². The molecule has 1 saturated heterocycles. The first-order valence-electron chi connectivity index (χ1n) is 7.80. The van der Waals surface area contributed by atoms with Crippen molar-refractivity contribution in [2.24, 2.45) is 5.73 Å². The van der Waals surface area contributed by atoms with Gasteiger partial charge >= 0.3 is 0 Å². The lowest BCUT2D eigenvalue weighted by Gasteiger charge is -2.42. The molecule has 9 N–H and O–H groups in total. The summed E-state index contributed by atoms with van der Waals surface area (Å²) in [7, 11) is 0. The molecule has 0 spiro atoms. The molecule has 0 radical (unpaired) electrons. The monoisotopic (exact) mass is 383 g/mol. The summed E-state index contributed by atoms with van der Waals surface area (Å²) < 4.78 is 10.3. The van der Waals surface area contributed by atoms with E-state index in [4.69, 9.17) is 25.4 Å². The van der Waals surface area contributed by atoms with Crippen LogP contribution in [0.25, 0.3) is 0 Å². The molecule has 0 aromatic rings. The Morgan fingerprint density at radius 1 is 1.12 bits per heavy atom. The average molecular weight is 383 g/mol. The zero-order chi connectivity index (χ0) is 20.2. The Kier molecular flexibility index (Phi) is 8.62. The fourth-order valence-electron chi connectivity index (χ4n) is 2.42. The minimum atomic E-state index is -1.97. The number of carbonyl (C=O) groups excluding carboxylic acids is 2. The normalized spacial score (nSPS) is 34.0. The molecule has 1 fully saturated rings. The molecule has 0 saturated carbocycles. The van der Waals surface area contributed by atoms with Crippen LogP contribution in [0.3, 0.4) is 0 Å². The van der Waals surface area contributed by atoms with Crippen molar-refractivity contribution in [1.82, 2.24) is 0 Å². The molecule has 152 valence electrons. The second kappa shape index (κ2) is 9.75. The molecule has 0 aliphatic carbocycles. The van der Waals surface area contributed by atoms with E-state index in [9.17, 15) is 35.1 Å². The smallest absolute Gasteiger partial charge is 0.217 e. The maximum absolute atomic E-state index is 11.8. The van der Waals surface area contributed by atoms with Crippen molar-refractivity contribution < 1.29 is 54.8 Å². The highest BCUT2D eigenvalue weighted by molar-refractivity contribution is 6.38. The molecule has 12 heteroatoms. The number of aliphatic hydroxyl groups is 7. The van der Waals surface area contributed by atoms with Crippen molar-refractivity contribution in [2.75, 3.05) is 13.2 Å². The first-order valence-corrected chi connectivity index (χ1v) is 7.80. The Bertz CT molecular complexity index is 488. The van der Waals surface area contributed by atoms with Crippen LogP contribution < -0.4 is 5.73 Å². The van der Waals surface area contributed by atoms with E-state index in [1.54, 1.807) is 0 Å². The van der Waals surface area contributed by atoms with Crippen LogP contribution >= 0.6 is 0 Å². The fraction of sp³-hybridized carbons (Fsp3) is 0.857. The second-order valence-electron chi connectivity index (χ2n) is 5.98.